The summed E-state index contributed by atoms with van der Waals surface area (Å²) in [6.07, 6.45) is 1.64. The van der Waals surface area contributed by atoms with Crippen LogP contribution in [0.5, 0.6) is 0 Å². The average Bonchev–Trinajstić information content (AvgIpc) is 2.15. The van der Waals surface area contributed by atoms with Crippen LogP contribution in [0.1, 0.15) is 39.5 Å². The topological polar surface area (TPSA) is 63.6 Å². The van der Waals surface area contributed by atoms with Crippen LogP contribution >= 0.6 is 0 Å². The van der Waals surface area contributed by atoms with Crippen molar-refractivity contribution >= 4 is 11.8 Å². The SMILES string of the molecule is CC(C)COC1C(=O)CCCC1CC(=O)O. The molecule has 0 aromatic rings. The Morgan fingerprint density at radius 3 is 2.81 bits per heavy atom. The van der Waals surface area contributed by atoms with Crippen LogP contribution in [0.25, 0.3) is 0 Å². The van der Waals surface area contributed by atoms with Crippen LogP contribution in [0.3, 0.4) is 0 Å². The molecule has 2 atom stereocenters. The Labute approximate surface area is 96.0 Å². The zero-order chi connectivity index (χ0) is 12.1. The molecule has 92 valence electrons. The van der Waals surface area contributed by atoms with Gasteiger partial charge in [-0.05, 0) is 18.8 Å². The van der Waals surface area contributed by atoms with E-state index in [4.69, 9.17) is 9.84 Å². The molecule has 4 nitrogen and oxygen atoms in total. The summed E-state index contributed by atoms with van der Waals surface area (Å²) in [6.45, 7) is 4.55. The molecule has 1 rings (SSSR count). The van der Waals surface area contributed by atoms with Gasteiger partial charge in [-0.3, -0.25) is 9.59 Å². The smallest absolute Gasteiger partial charge is 0.303 e. The number of hydrogen-bond donors (Lipinski definition) is 1. The number of aliphatic carboxylic acids is 1. The van der Waals surface area contributed by atoms with Crippen LogP contribution in [0.2, 0.25) is 0 Å². The number of carboxylic acid groups (broad SMARTS) is 1. The quantitative estimate of drug-likeness (QED) is 0.780. The highest BCUT2D eigenvalue weighted by atomic mass is 16.5. The van der Waals surface area contributed by atoms with E-state index in [1.165, 1.54) is 0 Å². The van der Waals surface area contributed by atoms with E-state index in [-0.39, 0.29) is 18.1 Å². The van der Waals surface area contributed by atoms with Crippen LogP contribution in [0.15, 0.2) is 0 Å². The molecule has 2 unspecified atom stereocenters. The second-order valence-corrected chi connectivity index (χ2v) is 4.86. The van der Waals surface area contributed by atoms with Crippen molar-refractivity contribution in [1.29, 1.82) is 0 Å². The molecule has 0 spiro atoms. The van der Waals surface area contributed by atoms with Gasteiger partial charge in [-0.2, -0.15) is 0 Å². The van der Waals surface area contributed by atoms with E-state index in [0.717, 1.165) is 12.8 Å². The fourth-order valence-electron chi connectivity index (χ4n) is 2.05. The molecule has 4 heteroatoms. The predicted molar refractivity (Wildman–Crippen MR) is 59.2 cm³/mol. The van der Waals surface area contributed by atoms with Gasteiger partial charge >= 0.3 is 5.97 Å². The van der Waals surface area contributed by atoms with Crippen molar-refractivity contribution in [3.05, 3.63) is 0 Å². The van der Waals surface area contributed by atoms with Gasteiger partial charge in [-0.25, -0.2) is 0 Å². The second-order valence-electron chi connectivity index (χ2n) is 4.86. The van der Waals surface area contributed by atoms with Gasteiger partial charge in [0.25, 0.3) is 0 Å². The van der Waals surface area contributed by atoms with Crippen molar-refractivity contribution in [2.45, 2.75) is 45.6 Å². The second kappa shape index (κ2) is 5.99. The van der Waals surface area contributed by atoms with E-state index in [0.29, 0.717) is 18.9 Å². The lowest BCUT2D eigenvalue weighted by Gasteiger charge is -2.29. The maximum absolute atomic E-state index is 11.7. The van der Waals surface area contributed by atoms with Crippen molar-refractivity contribution in [3.63, 3.8) is 0 Å². The van der Waals surface area contributed by atoms with Gasteiger partial charge in [-0.15, -0.1) is 0 Å². The van der Waals surface area contributed by atoms with Crippen molar-refractivity contribution in [2.75, 3.05) is 6.61 Å². The molecule has 0 aromatic heterocycles. The van der Waals surface area contributed by atoms with Crippen molar-refractivity contribution in [2.24, 2.45) is 11.8 Å². The fraction of sp³-hybridized carbons (Fsp3) is 0.833. The summed E-state index contributed by atoms with van der Waals surface area (Å²) in [6, 6.07) is 0. The zero-order valence-electron chi connectivity index (χ0n) is 9.94. The molecular weight excluding hydrogens is 208 g/mol. The molecule has 1 aliphatic carbocycles. The summed E-state index contributed by atoms with van der Waals surface area (Å²) >= 11 is 0. The minimum atomic E-state index is -0.849. The van der Waals surface area contributed by atoms with Gasteiger partial charge in [0.2, 0.25) is 0 Å². The first-order chi connectivity index (χ1) is 7.50. The van der Waals surface area contributed by atoms with Crippen LogP contribution in [-0.4, -0.2) is 29.6 Å². The number of ether oxygens (including phenoxy) is 1. The van der Waals surface area contributed by atoms with E-state index in [2.05, 4.69) is 0 Å². The standard InChI is InChI=1S/C12H20O4/c1-8(2)7-16-12-9(6-11(14)15)4-3-5-10(12)13/h8-9,12H,3-7H2,1-2H3,(H,14,15). The highest BCUT2D eigenvalue weighted by Crippen LogP contribution is 2.27. The molecule has 1 saturated carbocycles. The minimum absolute atomic E-state index is 0.0362. The van der Waals surface area contributed by atoms with E-state index in [1.54, 1.807) is 0 Å². The fourth-order valence-corrected chi connectivity index (χ4v) is 2.05. The number of Topliss-reactive ketones (excluding diaryl/α,β-unsaturated/α-hetero) is 1. The van der Waals surface area contributed by atoms with Crippen molar-refractivity contribution < 1.29 is 19.4 Å². The van der Waals surface area contributed by atoms with Gasteiger partial charge < -0.3 is 9.84 Å². The number of rotatable bonds is 5. The van der Waals surface area contributed by atoms with Crippen LogP contribution in [0.4, 0.5) is 0 Å². The molecule has 0 aromatic carbocycles. The third-order valence-corrected chi connectivity index (χ3v) is 2.79. The summed E-state index contributed by atoms with van der Waals surface area (Å²) < 4.78 is 5.56. The maximum Gasteiger partial charge on any atom is 0.303 e. The molecular formula is C12H20O4. The first-order valence-corrected chi connectivity index (χ1v) is 5.86. The Balaban J connectivity index is 2.56. The normalized spacial score (nSPS) is 26.1. The van der Waals surface area contributed by atoms with E-state index < -0.39 is 12.1 Å². The molecule has 1 fully saturated rings. The Morgan fingerprint density at radius 1 is 1.56 bits per heavy atom. The van der Waals surface area contributed by atoms with Gasteiger partial charge in [0.15, 0.2) is 5.78 Å². The van der Waals surface area contributed by atoms with E-state index in [9.17, 15) is 9.59 Å². The van der Waals surface area contributed by atoms with E-state index >= 15 is 0 Å². The van der Waals surface area contributed by atoms with Crippen molar-refractivity contribution in [3.8, 4) is 0 Å². The lowest BCUT2D eigenvalue weighted by atomic mass is 9.83. The average molecular weight is 228 g/mol. The number of carboxylic acids is 1. The summed E-state index contributed by atoms with van der Waals surface area (Å²) in [5.74, 6) is -0.561. The monoisotopic (exact) mass is 228 g/mol. The molecule has 0 saturated heterocycles. The number of carbonyl (C=O) groups is 2. The zero-order valence-corrected chi connectivity index (χ0v) is 9.94. The number of hydrogen-bond acceptors (Lipinski definition) is 3. The summed E-state index contributed by atoms with van der Waals surface area (Å²) in [7, 11) is 0. The third-order valence-electron chi connectivity index (χ3n) is 2.79. The predicted octanol–water partition coefficient (Wildman–Crippen LogP) is 1.87. The molecule has 1 aliphatic rings. The molecule has 0 heterocycles. The minimum Gasteiger partial charge on any atom is -0.481 e. The summed E-state index contributed by atoms with van der Waals surface area (Å²) in [4.78, 5) is 22.4. The number of carbonyl (C=O) groups excluding carboxylic acids is 1. The molecule has 0 bridgehead atoms. The molecule has 16 heavy (non-hydrogen) atoms. The molecule has 0 radical (unpaired) electrons. The summed E-state index contributed by atoms with van der Waals surface area (Å²) in [5, 5.41) is 8.78. The molecule has 0 amide bonds. The highest BCUT2D eigenvalue weighted by molar-refractivity contribution is 5.84. The number of ketones is 1. The highest BCUT2D eigenvalue weighted by Gasteiger charge is 2.33. The lowest BCUT2D eigenvalue weighted by molar-refractivity contribution is -0.145. The Morgan fingerprint density at radius 2 is 2.25 bits per heavy atom. The van der Waals surface area contributed by atoms with Gasteiger partial charge in [0.1, 0.15) is 6.10 Å². The Hall–Kier alpha value is -0.900. The van der Waals surface area contributed by atoms with Crippen molar-refractivity contribution in [1.82, 2.24) is 0 Å². The maximum atomic E-state index is 11.7. The van der Waals surface area contributed by atoms with Gasteiger partial charge in [-0.1, -0.05) is 13.8 Å². The first-order valence-electron chi connectivity index (χ1n) is 5.86. The van der Waals surface area contributed by atoms with Gasteiger partial charge in [0.05, 0.1) is 6.42 Å². The Kier molecular flexibility index (Phi) is 4.93. The first kappa shape index (κ1) is 13.2. The lowest BCUT2D eigenvalue weighted by Crippen LogP contribution is -2.38. The van der Waals surface area contributed by atoms with Crippen LogP contribution in [-0.2, 0) is 14.3 Å². The van der Waals surface area contributed by atoms with Gasteiger partial charge in [0, 0.05) is 18.9 Å². The molecule has 1 N–H and O–H groups in total. The molecule has 0 aliphatic heterocycles. The van der Waals surface area contributed by atoms with Crippen LogP contribution < -0.4 is 0 Å². The third kappa shape index (κ3) is 3.93. The largest absolute Gasteiger partial charge is 0.481 e. The summed E-state index contributed by atoms with van der Waals surface area (Å²) in [5.41, 5.74) is 0. The van der Waals surface area contributed by atoms with E-state index in [1.807, 2.05) is 13.8 Å². The van der Waals surface area contributed by atoms with Crippen LogP contribution in [0, 0.1) is 11.8 Å². The Bertz CT molecular complexity index is 260.